The van der Waals surface area contributed by atoms with Crippen LogP contribution in [-0.4, -0.2) is 9.97 Å². The second-order valence-corrected chi connectivity index (χ2v) is 5.86. The summed E-state index contributed by atoms with van der Waals surface area (Å²) in [6, 6.07) is 17.4. The summed E-state index contributed by atoms with van der Waals surface area (Å²) < 4.78 is 0. The van der Waals surface area contributed by atoms with Crippen LogP contribution in [0.4, 0.5) is 0 Å². The minimum absolute atomic E-state index is 0.416. The predicted octanol–water partition coefficient (Wildman–Crippen LogP) is 4.79. The molecule has 1 aromatic heterocycles. The van der Waals surface area contributed by atoms with Gasteiger partial charge in [0.05, 0.1) is 12.0 Å². The number of rotatable bonds is 5. The SMILES string of the molecule is Cc1ccccc1C(CCc1c[nH]cn1)c1ccccc1C. The van der Waals surface area contributed by atoms with E-state index in [0.717, 1.165) is 18.5 Å². The summed E-state index contributed by atoms with van der Waals surface area (Å²) in [4.78, 5) is 7.41. The van der Waals surface area contributed by atoms with E-state index in [1.165, 1.54) is 22.3 Å². The lowest BCUT2D eigenvalue weighted by Gasteiger charge is -2.21. The first-order valence-corrected chi connectivity index (χ1v) is 7.84. The number of aromatic amines is 1. The van der Waals surface area contributed by atoms with Crippen molar-refractivity contribution in [2.75, 3.05) is 0 Å². The molecule has 0 aliphatic heterocycles. The van der Waals surface area contributed by atoms with Gasteiger partial charge in [-0.15, -0.1) is 0 Å². The van der Waals surface area contributed by atoms with Gasteiger partial charge in [0, 0.05) is 12.1 Å². The monoisotopic (exact) mass is 290 g/mol. The van der Waals surface area contributed by atoms with Crippen LogP contribution in [0, 0.1) is 13.8 Å². The standard InChI is InChI=1S/C20H22N2/c1-15-7-3-5-9-18(15)20(12-11-17-13-21-14-22-17)19-10-6-4-8-16(19)2/h3-10,13-14,20H,11-12H2,1-2H3,(H,21,22). The summed E-state index contributed by atoms with van der Waals surface area (Å²) >= 11 is 0. The van der Waals surface area contributed by atoms with E-state index in [-0.39, 0.29) is 0 Å². The quantitative estimate of drug-likeness (QED) is 0.719. The normalized spacial score (nSPS) is 11.0. The van der Waals surface area contributed by atoms with Gasteiger partial charge >= 0.3 is 0 Å². The number of aromatic nitrogens is 2. The fraction of sp³-hybridized carbons (Fsp3) is 0.250. The van der Waals surface area contributed by atoms with Gasteiger partial charge in [0.1, 0.15) is 0 Å². The third-order valence-electron chi connectivity index (χ3n) is 4.37. The highest BCUT2D eigenvalue weighted by molar-refractivity contribution is 5.40. The molecule has 0 atom stereocenters. The van der Waals surface area contributed by atoms with E-state index in [4.69, 9.17) is 0 Å². The number of hydrogen-bond donors (Lipinski definition) is 1. The first-order chi connectivity index (χ1) is 10.8. The fourth-order valence-electron chi connectivity index (χ4n) is 3.15. The van der Waals surface area contributed by atoms with Crippen LogP contribution < -0.4 is 0 Å². The van der Waals surface area contributed by atoms with Gasteiger partial charge in [-0.05, 0) is 48.9 Å². The van der Waals surface area contributed by atoms with Crippen molar-refractivity contribution in [2.45, 2.75) is 32.6 Å². The van der Waals surface area contributed by atoms with E-state index >= 15 is 0 Å². The number of imidazole rings is 1. The molecule has 2 nitrogen and oxygen atoms in total. The summed E-state index contributed by atoms with van der Waals surface area (Å²) in [5.74, 6) is 0.416. The zero-order valence-electron chi connectivity index (χ0n) is 13.2. The largest absolute Gasteiger partial charge is 0.351 e. The molecule has 3 rings (SSSR count). The van der Waals surface area contributed by atoms with E-state index < -0.39 is 0 Å². The zero-order chi connectivity index (χ0) is 15.4. The van der Waals surface area contributed by atoms with Gasteiger partial charge in [-0.25, -0.2) is 4.98 Å². The zero-order valence-corrected chi connectivity index (χ0v) is 13.2. The van der Waals surface area contributed by atoms with Crippen LogP contribution in [0.1, 0.15) is 40.3 Å². The molecule has 0 spiro atoms. The first kappa shape index (κ1) is 14.6. The molecule has 0 amide bonds. The lowest BCUT2D eigenvalue weighted by atomic mass is 9.83. The minimum atomic E-state index is 0.416. The Balaban J connectivity index is 1.95. The van der Waals surface area contributed by atoms with Crippen molar-refractivity contribution >= 4 is 0 Å². The van der Waals surface area contributed by atoms with E-state index in [2.05, 4.69) is 72.3 Å². The summed E-state index contributed by atoms with van der Waals surface area (Å²) in [6.07, 6.45) is 5.80. The number of benzene rings is 2. The summed E-state index contributed by atoms with van der Waals surface area (Å²) in [7, 11) is 0. The molecule has 0 fully saturated rings. The van der Waals surface area contributed by atoms with Crippen LogP contribution in [0.5, 0.6) is 0 Å². The lowest BCUT2D eigenvalue weighted by molar-refractivity contribution is 0.699. The highest BCUT2D eigenvalue weighted by atomic mass is 14.9. The van der Waals surface area contributed by atoms with Crippen LogP contribution in [-0.2, 0) is 6.42 Å². The highest BCUT2D eigenvalue weighted by Gasteiger charge is 2.18. The average Bonchev–Trinajstić information content (AvgIpc) is 3.04. The molecule has 112 valence electrons. The molecule has 0 aliphatic rings. The number of aryl methyl sites for hydroxylation is 3. The van der Waals surface area contributed by atoms with Crippen LogP contribution in [0.15, 0.2) is 61.1 Å². The smallest absolute Gasteiger partial charge is 0.0923 e. The van der Waals surface area contributed by atoms with Crippen molar-refractivity contribution in [2.24, 2.45) is 0 Å². The van der Waals surface area contributed by atoms with Gasteiger partial charge in [0.25, 0.3) is 0 Å². The molecule has 2 aromatic carbocycles. The van der Waals surface area contributed by atoms with Gasteiger partial charge in [-0.2, -0.15) is 0 Å². The summed E-state index contributed by atoms with van der Waals surface area (Å²) in [5, 5.41) is 0. The van der Waals surface area contributed by atoms with E-state index in [9.17, 15) is 0 Å². The van der Waals surface area contributed by atoms with Crippen molar-refractivity contribution in [1.82, 2.24) is 9.97 Å². The van der Waals surface area contributed by atoms with Crippen molar-refractivity contribution in [3.8, 4) is 0 Å². The van der Waals surface area contributed by atoms with Gasteiger partial charge in [-0.1, -0.05) is 48.5 Å². The highest BCUT2D eigenvalue weighted by Crippen LogP contribution is 2.33. The van der Waals surface area contributed by atoms with Gasteiger partial charge < -0.3 is 4.98 Å². The number of hydrogen-bond acceptors (Lipinski definition) is 1. The molecule has 3 aromatic rings. The van der Waals surface area contributed by atoms with Crippen molar-refractivity contribution in [1.29, 1.82) is 0 Å². The maximum Gasteiger partial charge on any atom is 0.0923 e. The van der Waals surface area contributed by atoms with Gasteiger partial charge in [0.15, 0.2) is 0 Å². The first-order valence-electron chi connectivity index (χ1n) is 7.84. The van der Waals surface area contributed by atoms with E-state index in [1.54, 1.807) is 6.33 Å². The Morgan fingerprint density at radius 3 is 2.00 bits per heavy atom. The molecular formula is C20H22N2. The Morgan fingerprint density at radius 1 is 0.909 bits per heavy atom. The topological polar surface area (TPSA) is 28.7 Å². The second-order valence-electron chi connectivity index (χ2n) is 5.86. The number of nitrogens with zero attached hydrogens (tertiary/aromatic N) is 1. The van der Waals surface area contributed by atoms with Gasteiger partial charge in [0.2, 0.25) is 0 Å². The maximum absolute atomic E-state index is 4.36. The Hall–Kier alpha value is -2.35. The molecule has 0 radical (unpaired) electrons. The second kappa shape index (κ2) is 6.61. The van der Waals surface area contributed by atoms with E-state index in [0.29, 0.717) is 5.92 Å². The molecule has 2 heteroatoms. The van der Waals surface area contributed by atoms with Crippen molar-refractivity contribution < 1.29 is 0 Å². The molecular weight excluding hydrogens is 268 g/mol. The molecule has 0 unspecified atom stereocenters. The summed E-state index contributed by atoms with van der Waals surface area (Å²) in [6.45, 7) is 4.41. The van der Waals surface area contributed by atoms with Crippen molar-refractivity contribution in [3.05, 3.63) is 89.0 Å². The molecule has 22 heavy (non-hydrogen) atoms. The lowest BCUT2D eigenvalue weighted by Crippen LogP contribution is -2.07. The molecule has 0 saturated carbocycles. The molecule has 0 aliphatic carbocycles. The maximum atomic E-state index is 4.36. The summed E-state index contributed by atoms with van der Waals surface area (Å²) in [5.41, 5.74) is 6.70. The van der Waals surface area contributed by atoms with E-state index in [1.807, 2.05) is 6.20 Å². The van der Waals surface area contributed by atoms with Gasteiger partial charge in [-0.3, -0.25) is 0 Å². The van der Waals surface area contributed by atoms with Crippen LogP contribution >= 0.6 is 0 Å². The van der Waals surface area contributed by atoms with Crippen molar-refractivity contribution in [3.63, 3.8) is 0 Å². The number of nitrogens with one attached hydrogen (secondary N) is 1. The number of H-pyrrole nitrogens is 1. The molecule has 0 bridgehead atoms. The predicted molar refractivity (Wildman–Crippen MR) is 91.1 cm³/mol. The average molecular weight is 290 g/mol. The Labute approximate surface area is 132 Å². The Kier molecular flexibility index (Phi) is 4.38. The molecule has 0 saturated heterocycles. The van der Waals surface area contributed by atoms with Crippen LogP contribution in [0.25, 0.3) is 0 Å². The molecule has 1 heterocycles. The van der Waals surface area contributed by atoms with Crippen LogP contribution in [0.3, 0.4) is 0 Å². The Morgan fingerprint density at radius 2 is 1.50 bits per heavy atom. The Bertz CT molecular complexity index is 683. The molecule has 1 N–H and O–H groups in total. The van der Waals surface area contributed by atoms with Crippen LogP contribution in [0.2, 0.25) is 0 Å². The third-order valence-corrected chi connectivity index (χ3v) is 4.37. The third kappa shape index (κ3) is 3.11. The fourth-order valence-corrected chi connectivity index (χ4v) is 3.15. The minimum Gasteiger partial charge on any atom is -0.351 e.